The van der Waals surface area contributed by atoms with Gasteiger partial charge in [-0.25, -0.2) is 0 Å². The zero-order chi connectivity index (χ0) is 16.9. The summed E-state index contributed by atoms with van der Waals surface area (Å²) in [5.41, 5.74) is 0. The predicted octanol–water partition coefficient (Wildman–Crippen LogP) is 5.05. The Labute approximate surface area is 119 Å². The van der Waals surface area contributed by atoms with Gasteiger partial charge in [-0.1, -0.05) is 11.6 Å². The van der Waals surface area contributed by atoms with E-state index in [0.29, 0.717) is 6.07 Å². The fourth-order valence-corrected chi connectivity index (χ4v) is 2.12. The summed E-state index contributed by atoms with van der Waals surface area (Å²) < 4.78 is 113. The minimum atomic E-state index is -7.10. The molecule has 1 heterocycles. The van der Waals surface area contributed by atoms with E-state index in [9.17, 15) is 44.3 Å². The molecule has 0 bridgehead atoms. The highest BCUT2D eigenvalue weighted by Crippen LogP contribution is 2.54. The van der Waals surface area contributed by atoms with Gasteiger partial charge in [-0.3, -0.25) is 4.79 Å². The van der Waals surface area contributed by atoms with Crippen LogP contribution in [0.25, 0.3) is 0 Å². The minimum absolute atomic E-state index is 0.0334. The number of hydrogen-bond acceptors (Lipinski definition) is 2. The smallest absolute Gasteiger partial charge is 0.286 e. The number of halogens is 10. The molecule has 0 aromatic carbocycles. The fraction of sp³-hybridized carbons (Fsp3) is 0.444. The SMILES string of the molecule is O=C(c1ccc(Cl)s1)C(F)(F)C(F)(F)C(F)(F)C(F)(F)F. The van der Waals surface area contributed by atoms with E-state index in [4.69, 9.17) is 11.6 Å². The van der Waals surface area contributed by atoms with Crippen LogP contribution in [-0.4, -0.2) is 29.7 Å². The van der Waals surface area contributed by atoms with Crippen LogP contribution >= 0.6 is 22.9 Å². The molecule has 1 aromatic heterocycles. The Morgan fingerprint density at radius 2 is 1.38 bits per heavy atom. The third kappa shape index (κ3) is 2.72. The van der Waals surface area contributed by atoms with Crippen molar-refractivity contribution in [2.24, 2.45) is 0 Å². The molecule has 1 aromatic rings. The van der Waals surface area contributed by atoms with Crippen molar-refractivity contribution in [3.05, 3.63) is 21.3 Å². The van der Waals surface area contributed by atoms with Gasteiger partial charge in [0, 0.05) is 0 Å². The van der Waals surface area contributed by atoms with Gasteiger partial charge in [0.2, 0.25) is 5.78 Å². The summed E-state index contributed by atoms with van der Waals surface area (Å²) in [6, 6.07) is 1.32. The van der Waals surface area contributed by atoms with E-state index in [1.807, 2.05) is 0 Å². The maximum atomic E-state index is 13.2. The number of Topliss-reactive ketones (excluding diaryl/α,β-unsaturated/α-hetero) is 1. The predicted molar refractivity (Wildman–Crippen MR) is 54.6 cm³/mol. The molecule has 0 unspecified atom stereocenters. The Kier molecular flexibility index (Phi) is 4.34. The fourth-order valence-electron chi connectivity index (χ4n) is 1.11. The van der Waals surface area contributed by atoms with Crippen LogP contribution < -0.4 is 0 Å². The molecule has 0 radical (unpaired) electrons. The second-order valence-electron chi connectivity index (χ2n) is 3.65. The van der Waals surface area contributed by atoms with Crippen LogP contribution in [0.4, 0.5) is 39.5 Å². The summed E-state index contributed by atoms with van der Waals surface area (Å²) in [6.07, 6.45) is -6.96. The number of carbonyl (C=O) groups is 1. The lowest BCUT2D eigenvalue weighted by molar-refractivity contribution is -0.386. The van der Waals surface area contributed by atoms with Gasteiger partial charge in [-0.2, -0.15) is 39.5 Å². The van der Waals surface area contributed by atoms with Gasteiger partial charge in [0.25, 0.3) is 0 Å². The Morgan fingerprint density at radius 3 is 1.71 bits per heavy atom. The van der Waals surface area contributed by atoms with Gasteiger partial charge >= 0.3 is 23.9 Å². The van der Waals surface area contributed by atoms with Crippen LogP contribution in [0.2, 0.25) is 4.34 Å². The van der Waals surface area contributed by atoms with Crippen molar-refractivity contribution in [3.8, 4) is 0 Å². The topological polar surface area (TPSA) is 17.1 Å². The van der Waals surface area contributed by atoms with Crippen molar-refractivity contribution in [2.45, 2.75) is 23.9 Å². The van der Waals surface area contributed by atoms with Crippen LogP contribution in [0.15, 0.2) is 12.1 Å². The first kappa shape index (κ1) is 18.1. The Bertz CT molecular complexity index is 548. The number of ketones is 1. The zero-order valence-corrected chi connectivity index (χ0v) is 10.8. The third-order valence-electron chi connectivity index (χ3n) is 2.23. The van der Waals surface area contributed by atoms with Gasteiger partial charge < -0.3 is 0 Å². The molecule has 12 heteroatoms. The number of thiophene rings is 1. The second-order valence-corrected chi connectivity index (χ2v) is 5.37. The van der Waals surface area contributed by atoms with Gasteiger partial charge in [0.1, 0.15) is 0 Å². The number of rotatable bonds is 4. The van der Waals surface area contributed by atoms with Gasteiger partial charge in [0.05, 0.1) is 9.21 Å². The summed E-state index contributed by atoms with van der Waals surface area (Å²) in [6.45, 7) is 0. The monoisotopic (exact) mass is 364 g/mol. The normalized spacial score (nSPS) is 14.4. The average molecular weight is 365 g/mol. The van der Waals surface area contributed by atoms with Crippen LogP contribution in [0.1, 0.15) is 9.67 Å². The third-order valence-corrected chi connectivity index (χ3v) is 3.46. The minimum Gasteiger partial charge on any atom is -0.286 e. The molecule has 0 aliphatic carbocycles. The molecule has 120 valence electrons. The summed E-state index contributed by atoms with van der Waals surface area (Å²) in [5.74, 6) is -23.2. The second kappa shape index (κ2) is 5.04. The molecule has 0 atom stereocenters. The van der Waals surface area contributed by atoms with Crippen molar-refractivity contribution < 1.29 is 44.3 Å². The summed E-state index contributed by atoms with van der Waals surface area (Å²) in [5, 5.41) is 0. The maximum absolute atomic E-state index is 13.2. The summed E-state index contributed by atoms with van der Waals surface area (Å²) >= 11 is 5.27. The highest BCUT2D eigenvalue weighted by molar-refractivity contribution is 7.18. The molecule has 0 amide bonds. The first-order chi connectivity index (χ1) is 9.16. The first-order valence-electron chi connectivity index (χ1n) is 4.66. The first-order valence-corrected chi connectivity index (χ1v) is 5.86. The number of hydrogen-bond donors (Lipinski definition) is 0. The molecule has 0 saturated heterocycles. The van der Waals surface area contributed by atoms with Crippen LogP contribution in [0, 0.1) is 0 Å². The van der Waals surface area contributed by atoms with Crippen molar-refractivity contribution in [1.82, 2.24) is 0 Å². The molecule has 0 fully saturated rings. The van der Waals surface area contributed by atoms with E-state index in [0.717, 1.165) is 6.07 Å². The standard InChI is InChI=1S/C9H2ClF9OS/c10-4-2-1-3(21-4)5(20)6(11,12)7(13,14)8(15,16)9(17,18)19/h1-2H. The van der Waals surface area contributed by atoms with E-state index >= 15 is 0 Å². The Hall–Kier alpha value is -0.970. The number of alkyl halides is 9. The molecular weight excluding hydrogens is 363 g/mol. The van der Waals surface area contributed by atoms with Crippen molar-refractivity contribution in [1.29, 1.82) is 0 Å². The molecule has 0 aliphatic heterocycles. The van der Waals surface area contributed by atoms with Crippen molar-refractivity contribution in [3.63, 3.8) is 0 Å². The lowest BCUT2D eigenvalue weighted by Crippen LogP contribution is -2.63. The molecule has 0 aliphatic rings. The van der Waals surface area contributed by atoms with Crippen molar-refractivity contribution in [2.75, 3.05) is 0 Å². The van der Waals surface area contributed by atoms with E-state index < -0.39 is 34.6 Å². The Morgan fingerprint density at radius 1 is 0.905 bits per heavy atom. The van der Waals surface area contributed by atoms with E-state index in [1.165, 1.54) is 0 Å². The molecule has 0 N–H and O–H groups in total. The average Bonchev–Trinajstić information content (AvgIpc) is 2.72. The summed E-state index contributed by atoms with van der Waals surface area (Å²) in [7, 11) is 0. The molecule has 0 spiro atoms. The molecule has 1 rings (SSSR count). The van der Waals surface area contributed by atoms with Gasteiger partial charge in [-0.05, 0) is 12.1 Å². The van der Waals surface area contributed by atoms with Gasteiger partial charge in [0.15, 0.2) is 0 Å². The lowest BCUT2D eigenvalue weighted by atomic mass is 9.99. The Balaban J connectivity index is 3.31. The maximum Gasteiger partial charge on any atom is 0.460 e. The van der Waals surface area contributed by atoms with Gasteiger partial charge in [-0.15, -0.1) is 11.3 Å². The largest absolute Gasteiger partial charge is 0.460 e. The van der Waals surface area contributed by atoms with Crippen LogP contribution in [0.3, 0.4) is 0 Å². The molecule has 1 nitrogen and oxygen atoms in total. The molecular formula is C9H2ClF9OS. The van der Waals surface area contributed by atoms with Crippen LogP contribution in [0.5, 0.6) is 0 Å². The summed E-state index contributed by atoms with van der Waals surface area (Å²) in [4.78, 5) is 9.94. The molecule has 21 heavy (non-hydrogen) atoms. The lowest BCUT2D eigenvalue weighted by Gasteiger charge is -2.32. The van der Waals surface area contributed by atoms with E-state index in [1.54, 1.807) is 0 Å². The highest BCUT2D eigenvalue weighted by atomic mass is 35.5. The van der Waals surface area contributed by atoms with Crippen molar-refractivity contribution >= 4 is 28.7 Å². The quantitative estimate of drug-likeness (QED) is 0.539. The number of carbonyl (C=O) groups excluding carboxylic acids is 1. The van der Waals surface area contributed by atoms with E-state index in [-0.39, 0.29) is 15.7 Å². The highest BCUT2D eigenvalue weighted by Gasteiger charge is 2.83. The van der Waals surface area contributed by atoms with Crippen LogP contribution in [-0.2, 0) is 0 Å². The van der Waals surface area contributed by atoms with E-state index in [2.05, 4.69) is 0 Å². The molecule has 0 saturated carbocycles. The zero-order valence-electron chi connectivity index (χ0n) is 9.25.